The van der Waals surface area contributed by atoms with Gasteiger partial charge < -0.3 is 25.0 Å². The molecule has 9 heteroatoms. The summed E-state index contributed by atoms with van der Waals surface area (Å²) in [5.74, 6) is -1.47. The number of hydrogen-bond acceptors (Lipinski definition) is 5. The van der Waals surface area contributed by atoms with Gasteiger partial charge in [0.2, 0.25) is 0 Å². The fraction of sp³-hybridized carbons (Fsp3) is 0.455. The fourth-order valence-electron chi connectivity index (χ4n) is 1.39. The van der Waals surface area contributed by atoms with Crippen LogP contribution in [-0.4, -0.2) is 58.1 Å². The van der Waals surface area contributed by atoms with E-state index in [1.165, 1.54) is 11.9 Å². The van der Waals surface area contributed by atoms with Gasteiger partial charge in [-0.05, 0) is 0 Å². The Hall–Kier alpha value is -2.58. The smallest absolute Gasteiger partial charge is 0.326 e. The molecule has 0 aliphatic heterocycles. The maximum absolute atomic E-state index is 11.8. The molecule has 1 aromatic rings. The number of carboxylic acid groups (broad SMARTS) is 1. The molecule has 0 aliphatic carbocycles. The van der Waals surface area contributed by atoms with E-state index in [1.807, 2.05) is 0 Å². The number of imidazole rings is 1. The van der Waals surface area contributed by atoms with Crippen molar-refractivity contribution >= 4 is 18.0 Å². The minimum atomic E-state index is -1.34. The van der Waals surface area contributed by atoms with Crippen LogP contribution in [0.4, 0.5) is 4.79 Å². The van der Waals surface area contributed by atoms with Crippen molar-refractivity contribution in [3.63, 3.8) is 0 Å². The van der Waals surface area contributed by atoms with E-state index >= 15 is 0 Å². The van der Waals surface area contributed by atoms with Crippen molar-refractivity contribution in [2.45, 2.75) is 19.0 Å². The van der Waals surface area contributed by atoms with Gasteiger partial charge in [-0.3, -0.25) is 4.79 Å². The van der Waals surface area contributed by atoms with Gasteiger partial charge in [-0.25, -0.2) is 14.6 Å². The number of esters is 1. The molecule has 3 N–H and O–H groups in total. The van der Waals surface area contributed by atoms with Gasteiger partial charge in [0.25, 0.3) is 0 Å². The van der Waals surface area contributed by atoms with Gasteiger partial charge in [0.1, 0.15) is 11.9 Å². The first kappa shape index (κ1) is 15.5. The molecule has 0 aromatic carbocycles. The highest BCUT2D eigenvalue weighted by molar-refractivity contribution is 5.86. The molecule has 1 heterocycles. The van der Waals surface area contributed by atoms with Gasteiger partial charge in [-0.1, -0.05) is 0 Å². The summed E-state index contributed by atoms with van der Waals surface area (Å²) in [4.78, 5) is 41.9. The molecule has 0 saturated carbocycles. The number of carbonyl (C=O) groups is 3. The van der Waals surface area contributed by atoms with Crippen molar-refractivity contribution in [1.82, 2.24) is 20.2 Å². The highest BCUT2D eigenvalue weighted by atomic mass is 16.5. The van der Waals surface area contributed by atoms with Crippen LogP contribution in [0, 0.1) is 0 Å². The lowest BCUT2D eigenvalue weighted by Gasteiger charge is -2.20. The van der Waals surface area contributed by atoms with Crippen molar-refractivity contribution in [2.75, 3.05) is 14.2 Å². The van der Waals surface area contributed by atoms with Crippen molar-refractivity contribution in [3.05, 3.63) is 18.2 Å². The highest BCUT2D eigenvalue weighted by Crippen LogP contribution is 2.00. The second kappa shape index (κ2) is 7.12. The SMILES string of the molecule is COC(=O)C[C@H](NC(=O)N(C)Cc1ncc[nH]1)C(=O)O. The predicted octanol–water partition coefficient (Wildman–Crippen LogP) is -0.433. The van der Waals surface area contributed by atoms with Crippen molar-refractivity contribution in [1.29, 1.82) is 0 Å². The minimum absolute atomic E-state index is 0.184. The Morgan fingerprint density at radius 2 is 2.25 bits per heavy atom. The Bertz CT molecular complexity index is 473. The number of urea groups is 1. The first-order valence-electron chi connectivity index (χ1n) is 5.73. The number of aliphatic carboxylic acids is 1. The summed E-state index contributed by atoms with van der Waals surface area (Å²) in [7, 11) is 2.63. The number of rotatable bonds is 6. The number of ether oxygens (including phenoxy) is 1. The number of aromatic nitrogens is 2. The second-order valence-electron chi connectivity index (χ2n) is 4.01. The third kappa shape index (κ3) is 4.59. The van der Waals surface area contributed by atoms with E-state index in [0.717, 1.165) is 7.11 Å². The Balaban J connectivity index is 2.56. The summed E-state index contributed by atoms with van der Waals surface area (Å²) in [5.41, 5.74) is 0. The molecule has 20 heavy (non-hydrogen) atoms. The maximum atomic E-state index is 11.8. The number of H-pyrrole nitrogens is 1. The summed E-state index contributed by atoms with van der Waals surface area (Å²) in [6, 6.07) is -1.97. The Labute approximate surface area is 114 Å². The van der Waals surface area contributed by atoms with E-state index in [4.69, 9.17) is 5.11 Å². The Morgan fingerprint density at radius 1 is 1.55 bits per heavy atom. The number of methoxy groups -OCH3 is 1. The number of hydrogen-bond donors (Lipinski definition) is 3. The summed E-state index contributed by atoms with van der Waals surface area (Å²) < 4.78 is 4.38. The van der Waals surface area contributed by atoms with Crippen LogP contribution >= 0.6 is 0 Å². The molecule has 1 aromatic heterocycles. The van der Waals surface area contributed by atoms with Crippen LogP contribution in [0.2, 0.25) is 0 Å². The number of aromatic amines is 1. The number of nitrogens with zero attached hydrogens (tertiary/aromatic N) is 2. The van der Waals surface area contributed by atoms with Gasteiger partial charge in [-0.15, -0.1) is 0 Å². The average Bonchev–Trinajstić information content (AvgIpc) is 2.90. The standard InChI is InChI=1S/C11H16N4O5/c1-15(6-8-12-3-4-13-8)11(19)14-7(10(17)18)5-9(16)20-2/h3-4,7H,5-6H2,1-2H3,(H,12,13)(H,14,19)(H,17,18)/t7-/m0/s1. The molecule has 9 nitrogen and oxygen atoms in total. The third-order valence-corrected chi connectivity index (χ3v) is 2.48. The molecule has 110 valence electrons. The molecule has 0 spiro atoms. The fourth-order valence-corrected chi connectivity index (χ4v) is 1.39. The molecule has 2 amide bonds. The minimum Gasteiger partial charge on any atom is -0.480 e. The Morgan fingerprint density at radius 3 is 2.75 bits per heavy atom. The molecule has 0 aliphatic rings. The van der Waals surface area contributed by atoms with Crippen LogP contribution in [0.3, 0.4) is 0 Å². The number of carbonyl (C=O) groups excluding carboxylic acids is 2. The van der Waals surface area contributed by atoms with Crippen LogP contribution in [-0.2, 0) is 20.9 Å². The third-order valence-electron chi connectivity index (χ3n) is 2.48. The molecule has 1 rings (SSSR count). The van der Waals surface area contributed by atoms with Crippen molar-refractivity contribution in [2.24, 2.45) is 0 Å². The van der Waals surface area contributed by atoms with Crippen LogP contribution in [0.25, 0.3) is 0 Å². The van der Waals surface area contributed by atoms with Crippen molar-refractivity contribution < 1.29 is 24.2 Å². The molecule has 0 bridgehead atoms. The van der Waals surface area contributed by atoms with Gasteiger partial charge in [0.15, 0.2) is 0 Å². The normalized spacial score (nSPS) is 11.5. The van der Waals surface area contributed by atoms with Gasteiger partial charge in [-0.2, -0.15) is 0 Å². The average molecular weight is 284 g/mol. The Kier molecular flexibility index (Phi) is 5.51. The molecule has 0 saturated heterocycles. The molecule has 1 atom stereocenters. The first-order chi connectivity index (χ1) is 9.43. The second-order valence-corrected chi connectivity index (χ2v) is 4.01. The molecular formula is C11H16N4O5. The highest BCUT2D eigenvalue weighted by Gasteiger charge is 2.25. The van der Waals surface area contributed by atoms with Crippen LogP contribution in [0.5, 0.6) is 0 Å². The van der Waals surface area contributed by atoms with Gasteiger partial charge in [0, 0.05) is 19.4 Å². The largest absolute Gasteiger partial charge is 0.480 e. The van der Waals surface area contributed by atoms with Crippen LogP contribution in [0.1, 0.15) is 12.2 Å². The lowest BCUT2D eigenvalue weighted by Crippen LogP contribution is -2.47. The number of nitrogens with one attached hydrogen (secondary N) is 2. The quantitative estimate of drug-likeness (QED) is 0.609. The van der Waals surface area contributed by atoms with E-state index in [1.54, 1.807) is 12.4 Å². The van der Waals surface area contributed by atoms with E-state index in [-0.39, 0.29) is 6.54 Å². The lowest BCUT2D eigenvalue weighted by molar-refractivity contribution is -0.147. The zero-order valence-corrected chi connectivity index (χ0v) is 11.1. The monoisotopic (exact) mass is 284 g/mol. The van der Waals surface area contributed by atoms with Crippen LogP contribution in [0.15, 0.2) is 12.4 Å². The summed E-state index contributed by atoms with van der Waals surface area (Å²) in [5, 5.41) is 11.2. The number of carboxylic acids is 1. The van der Waals surface area contributed by atoms with Gasteiger partial charge >= 0.3 is 18.0 Å². The molecule has 0 unspecified atom stereocenters. The molecule has 0 fully saturated rings. The zero-order chi connectivity index (χ0) is 15.1. The van der Waals surface area contributed by atoms with Gasteiger partial charge in [0.05, 0.1) is 20.1 Å². The predicted molar refractivity (Wildman–Crippen MR) is 66.6 cm³/mol. The van der Waals surface area contributed by atoms with E-state index < -0.39 is 30.4 Å². The van der Waals surface area contributed by atoms with Crippen molar-refractivity contribution in [3.8, 4) is 0 Å². The molecule has 0 radical (unpaired) electrons. The number of amides is 2. The lowest BCUT2D eigenvalue weighted by atomic mass is 10.2. The van der Waals surface area contributed by atoms with E-state index in [9.17, 15) is 14.4 Å². The summed E-state index contributed by atoms with van der Waals surface area (Å²) in [6.45, 7) is 0.184. The molecular weight excluding hydrogens is 268 g/mol. The van der Waals surface area contributed by atoms with Crippen LogP contribution < -0.4 is 5.32 Å². The van der Waals surface area contributed by atoms with E-state index in [0.29, 0.717) is 5.82 Å². The zero-order valence-electron chi connectivity index (χ0n) is 11.1. The topological polar surface area (TPSA) is 125 Å². The maximum Gasteiger partial charge on any atom is 0.326 e. The summed E-state index contributed by atoms with van der Waals surface area (Å²) >= 11 is 0. The summed E-state index contributed by atoms with van der Waals surface area (Å²) in [6.07, 6.45) is 2.71. The van der Waals surface area contributed by atoms with E-state index in [2.05, 4.69) is 20.0 Å². The first-order valence-corrected chi connectivity index (χ1v) is 5.73.